The number of primary amides is 1. The predicted molar refractivity (Wildman–Crippen MR) is 103 cm³/mol. The van der Waals surface area contributed by atoms with Crippen molar-refractivity contribution in [3.05, 3.63) is 50.6 Å². The van der Waals surface area contributed by atoms with Gasteiger partial charge >= 0.3 is 0 Å². The maximum Gasteiger partial charge on any atom is 0.262 e. The second-order valence-corrected chi connectivity index (χ2v) is 7.31. The van der Waals surface area contributed by atoms with Gasteiger partial charge in [-0.25, -0.2) is 4.98 Å². The van der Waals surface area contributed by atoms with E-state index in [1.807, 2.05) is 31.2 Å². The molecule has 0 spiro atoms. The van der Waals surface area contributed by atoms with Crippen LogP contribution in [0.15, 0.2) is 29.1 Å². The van der Waals surface area contributed by atoms with Crippen LogP contribution in [-0.2, 0) is 11.3 Å². The van der Waals surface area contributed by atoms with Crippen LogP contribution in [0.2, 0.25) is 0 Å². The summed E-state index contributed by atoms with van der Waals surface area (Å²) in [6, 6.07) is 7.66. The molecule has 0 aliphatic carbocycles. The first kappa shape index (κ1) is 18.0. The molecule has 0 radical (unpaired) electrons. The number of nitrogens with two attached hydrogens (primary N) is 1. The van der Waals surface area contributed by atoms with Gasteiger partial charge in [-0.2, -0.15) is 0 Å². The number of ketones is 1. The molecule has 0 saturated heterocycles. The highest BCUT2D eigenvalue weighted by Crippen LogP contribution is 2.29. The highest BCUT2D eigenvalue weighted by molar-refractivity contribution is 7.20. The zero-order valence-electron chi connectivity index (χ0n) is 14.8. The van der Waals surface area contributed by atoms with E-state index in [4.69, 9.17) is 5.73 Å². The topological polar surface area (TPSA) is 95.0 Å². The smallest absolute Gasteiger partial charge is 0.262 e. The Balaban J connectivity index is 2.32. The van der Waals surface area contributed by atoms with E-state index in [1.165, 1.54) is 11.5 Å². The highest BCUT2D eigenvalue weighted by Gasteiger charge is 2.21. The maximum absolute atomic E-state index is 13.1. The fourth-order valence-corrected chi connectivity index (χ4v) is 3.87. The zero-order valence-corrected chi connectivity index (χ0v) is 15.6. The van der Waals surface area contributed by atoms with Crippen LogP contribution in [-0.4, -0.2) is 21.2 Å². The molecular formula is C19H19N3O3S. The van der Waals surface area contributed by atoms with E-state index < -0.39 is 5.91 Å². The minimum absolute atomic E-state index is 0.00767. The van der Waals surface area contributed by atoms with E-state index in [0.29, 0.717) is 26.5 Å². The van der Waals surface area contributed by atoms with E-state index in [9.17, 15) is 14.4 Å². The van der Waals surface area contributed by atoms with Crippen molar-refractivity contribution < 1.29 is 9.59 Å². The third kappa shape index (κ3) is 3.17. The van der Waals surface area contributed by atoms with Crippen LogP contribution < -0.4 is 11.3 Å². The number of thiophene rings is 1. The van der Waals surface area contributed by atoms with Crippen molar-refractivity contribution in [2.75, 3.05) is 0 Å². The molecule has 2 N–H and O–H groups in total. The summed E-state index contributed by atoms with van der Waals surface area (Å²) >= 11 is 1.13. The summed E-state index contributed by atoms with van der Waals surface area (Å²) in [7, 11) is 0. The van der Waals surface area contributed by atoms with Gasteiger partial charge < -0.3 is 5.73 Å². The van der Waals surface area contributed by atoms with Crippen LogP contribution in [0.1, 0.15) is 34.1 Å². The molecule has 0 unspecified atom stereocenters. The third-order valence-corrected chi connectivity index (χ3v) is 5.47. The molecule has 2 aromatic heterocycles. The lowest BCUT2D eigenvalue weighted by atomic mass is 10.1. The largest absolute Gasteiger partial charge is 0.365 e. The molecule has 0 bridgehead atoms. The Labute approximate surface area is 154 Å². The number of amides is 1. The van der Waals surface area contributed by atoms with Gasteiger partial charge in [0.05, 0.1) is 10.3 Å². The van der Waals surface area contributed by atoms with Gasteiger partial charge in [-0.15, -0.1) is 11.3 Å². The van der Waals surface area contributed by atoms with Crippen molar-refractivity contribution in [2.24, 2.45) is 5.73 Å². The quantitative estimate of drug-likeness (QED) is 0.748. The standard InChI is InChI=1S/C19H19N3O3S/c1-10-4-6-13(7-5-10)17-21-18-14(12(3)15(26-18)16(20)24)19(25)22(17)9-8-11(2)23/h4-7H,8-9H2,1-3H3,(H2,20,24). The van der Waals surface area contributed by atoms with Gasteiger partial charge in [0, 0.05) is 18.5 Å². The van der Waals surface area contributed by atoms with E-state index in [2.05, 4.69) is 4.98 Å². The summed E-state index contributed by atoms with van der Waals surface area (Å²) < 4.78 is 1.51. The number of aromatic nitrogens is 2. The minimum Gasteiger partial charge on any atom is -0.365 e. The number of benzene rings is 1. The Kier molecular flexibility index (Phi) is 4.73. The van der Waals surface area contributed by atoms with Crippen molar-refractivity contribution >= 4 is 33.2 Å². The lowest BCUT2D eigenvalue weighted by molar-refractivity contribution is -0.117. The number of Topliss-reactive ketones (excluding diaryl/α,β-unsaturated/α-hetero) is 1. The van der Waals surface area contributed by atoms with E-state index in [0.717, 1.165) is 22.5 Å². The van der Waals surface area contributed by atoms with E-state index in [1.54, 1.807) is 6.92 Å². The monoisotopic (exact) mass is 369 g/mol. The third-order valence-electron chi connectivity index (χ3n) is 4.27. The number of aryl methyl sites for hydroxylation is 2. The Morgan fingerprint density at radius 3 is 2.42 bits per heavy atom. The molecule has 2 heterocycles. The van der Waals surface area contributed by atoms with Gasteiger partial charge in [0.25, 0.3) is 11.5 Å². The predicted octanol–water partition coefficient (Wildman–Crippen LogP) is 2.82. The summed E-state index contributed by atoms with van der Waals surface area (Å²) in [6.45, 7) is 5.40. The van der Waals surface area contributed by atoms with Crippen molar-refractivity contribution in [3.8, 4) is 11.4 Å². The molecule has 1 amide bonds. The molecule has 0 saturated carbocycles. The summed E-state index contributed by atoms with van der Waals surface area (Å²) in [5, 5.41) is 0.392. The van der Waals surface area contributed by atoms with Gasteiger partial charge in [-0.3, -0.25) is 19.0 Å². The molecule has 0 aliphatic rings. The number of fused-ring (bicyclic) bond motifs is 1. The van der Waals surface area contributed by atoms with Crippen LogP contribution in [0, 0.1) is 13.8 Å². The van der Waals surface area contributed by atoms with Gasteiger partial charge in [-0.05, 0) is 26.3 Å². The van der Waals surface area contributed by atoms with Crippen LogP contribution >= 0.6 is 11.3 Å². The van der Waals surface area contributed by atoms with Crippen molar-refractivity contribution in [1.29, 1.82) is 0 Å². The molecule has 134 valence electrons. The lowest BCUT2D eigenvalue weighted by Crippen LogP contribution is -2.24. The number of rotatable bonds is 5. The number of nitrogens with zero attached hydrogens (tertiary/aromatic N) is 2. The second-order valence-electron chi connectivity index (χ2n) is 6.31. The van der Waals surface area contributed by atoms with Crippen LogP contribution in [0.25, 0.3) is 21.6 Å². The lowest BCUT2D eigenvalue weighted by Gasteiger charge is -2.12. The first-order valence-electron chi connectivity index (χ1n) is 8.19. The molecule has 6 nitrogen and oxygen atoms in total. The zero-order chi connectivity index (χ0) is 19.0. The number of hydrogen-bond acceptors (Lipinski definition) is 5. The molecule has 0 aliphatic heterocycles. The highest BCUT2D eigenvalue weighted by atomic mass is 32.1. The SMILES string of the molecule is CC(=O)CCn1c(-c2ccc(C)cc2)nc2sc(C(N)=O)c(C)c2c1=O. The van der Waals surface area contributed by atoms with E-state index in [-0.39, 0.29) is 24.3 Å². The summed E-state index contributed by atoms with van der Waals surface area (Å²) in [6.07, 6.45) is 0.234. The molecule has 7 heteroatoms. The number of carbonyl (C=O) groups excluding carboxylic acids is 2. The van der Waals surface area contributed by atoms with Gasteiger partial charge in [-0.1, -0.05) is 29.8 Å². The Hall–Kier alpha value is -2.80. The fourth-order valence-electron chi connectivity index (χ4n) is 2.85. The van der Waals surface area contributed by atoms with Crippen LogP contribution in [0.4, 0.5) is 0 Å². The van der Waals surface area contributed by atoms with Crippen LogP contribution in [0.3, 0.4) is 0 Å². The Morgan fingerprint density at radius 2 is 1.85 bits per heavy atom. The maximum atomic E-state index is 13.1. The number of carbonyl (C=O) groups is 2. The fraction of sp³-hybridized carbons (Fsp3) is 0.263. The molecule has 0 atom stereocenters. The second kappa shape index (κ2) is 6.84. The molecule has 1 aromatic carbocycles. The number of hydrogen-bond donors (Lipinski definition) is 1. The average molecular weight is 369 g/mol. The Bertz CT molecular complexity index is 1080. The summed E-state index contributed by atoms with van der Waals surface area (Å²) in [5.41, 5.74) is 7.58. The minimum atomic E-state index is -0.572. The van der Waals surface area contributed by atoms with Crippen molar-refractivity contribution in [3.63, 3.8) is 0 Å². The van der Waals surface area contributed by atoms with Gasteiger partial charge in [0.2, 0.25) is 0 Å². The summed E-state index contributed by atoms with van der Waals surface area (Å²) in [4.78, 5) is 41.7. The van der Waals surface area contributed by atoms with E-state index >= 15 is 0 Å². The molecular weight excluding hydrogens is 350 g/mol. The van der Waals surface area contributed by atoms with Crippen molar-refractivity contribution in [2.45, 2.75) is 33.7 Å². The van der Waals surface area contributed by atoms with Gasteiger partial charge in [0.1, 0.15) is 16.4 Å². The Morgan fingerprint density at radius 1 is 1.19 bits per heavy atom. The molecule has 0 fully saturated rings. The van der Waals surface area contributed by atoms with Gasteiger partial charge in [0.15, 0.2) is 0 Å². The first-order valence-corrected chi connectivity index (χ1v) is 9.01. The van der Waals surface area contributed by atoms with Crippen molar-refractivity contribution in [1.82, 2.24) is 9.55 Å². The average Bonchev–Trinajstić information content (AvgIpc) is 2.91. The molecule has 3 aromatic rings. The molecule has 26 heavy (non-hydrogen) atoms. The normalized spacial score (nSPS) is 11.0. The first-order chi connectivity index (χ1) is 12.3. The molecule has 3 rings (SSSR count). The van der Waals surface area contributed by atoms with Crippen LogP contribution in [0.5, 0.6) is 0 Å². The summed E-state index contributed by atoms with van der Waals surface area (Å²) in [5.74, 6) is -0.0928.